The molecule has 0 amide bonds. The third-order valence-electron chi connectivity index (χ3n) is 4.78. The van der Waals surface area contributed by atoms with Crippen LogP contribution in [0.15, 0.2) is 24.3 Å². The van der Waals surface area contributed by atoms with Gasteiger partial charge in [-0.3, -0.25) is 0 Å². The second-order valence-electron chi connectivity index (χ2n) is 7.07. The van der Waals surface area contributed by atoms with E-state index in [2.05, 4.69) is 4.74 Å². The van der Waals surface area contributed by atoms with Gasteiger partial charge in [-0.05, 0) is 31.5 Å². The predicted octanol–water partition coefficient (Wildman–Crippen LogP) is 7.08. The van der Waals surface area contributed by atoms with Crippen molar-refractivity contribution in [1.29, 1.82) is 0 Å². The molecule has 0 fully saturated rings. The largest absolute Gasteiger partial charge is 0.494 e. The van der Waals surface area contributed by atoms with Gasteiger partial charge in [-0.25, -0.2) is 0 Å². The summed E-state index contributed by atoms with van der Waals surface area (Å²) in [6, 6.07) is 4.23. The predicted molar refractivity (Wildman–Crippen MR) is 87.4 cm³/mol. The first-order valence-electron chi connectivity index (χ1n) is 8.80. The van der Waals surface area contributed by atoms with Crippen LogP contribution in [0.2, 0.25) is 0 Å². The SMILES string of the molecule is CCOc1ccc(C(C)(CC(F)(F)C(F)(F)C(F)(F)C(F)(F)C(F)(F)C(F)(F)F)OC)cc1. The molecule has 0 aromatic heterocycles. The van der Waals surface area contributed by atoms with E-state index in [1.807, 2.05) is 0 Å². The van der Waals surface area contributed by atoms with Crippen LogP contribution in [0.25, 0.3) is 0 Å². The maximum atomic E-state index is 14.3. The highest BCUT2D eigenvalue weighted by Gasteiger charge is 2.90. The smallest absolute Gasteiger partial charge is 0.460 e. The second kappa shape index (κ2) is 8.69. The summed E-state index contributed by atoms with van der Waals surface area (Å²) in [6.07, 6.45) is -9.95. The number of methoxy groups -OCH3 is 1. The molecule has 1 rings (SSSR count). The van der Waals surface area contributed by atoms with Crippen LogP contribution in [-0.4, -0.2) is 49.5 Å². The average molecular weight is 512 g/mol. The van der Waals surface area contributed by atoms with Gasteiger partial charge in [0.2, 0.25) is 0 Å². The highest BCUT2D eigenvalue weighted by molar-refractivity contribution is 5.31. The van der Waals surface area contributed by atoms with Gasteiger partial charge in [0.15, 0.2) is 0 Å². The molecule has 0 radical (unpaired) electrons. The molecule has 1 aromatic rings. The fourth-order valence-corrected chi connectivity index (χ4v) is 2.70. The molecule has 0 saturated carbocycles. The molecule has 1 aromatic carbocycles. The quantitative estimate of drug-likeness (QED) is 0.312. The van der Waals surface area contributed by atoms with E-state index in [0.29, 0.717) is 14.0 Å². The van der Waals surface area contributed by atoms with Crippen LogP contribution >= 0.6 is 0 Å². The van der Waals surface area contributed by atoms with Crippen LogP contribution < -0.4 is 4.74 Å². The van der Waals surface area contributed by atoms with Crippen molar-refractivity contribution >= 4 is 0 Å². The standard InChI is InChI=1S/C18H17F13O2/c1-4-33-11-7-5-10(6-8-11)12(2,32-3)9-13(19,20)14(21,22)15(23,24)16(25,26)17(27,28)18(29,30)31/h5-8H,4,9H2,1-3H3. The van der Waals surface area contributed by atoms with Crippen LogP contribution in [0.4, 0.5) is 57.1 Å². The number of ether oxygens (including phenoxy) is 2. The van der Waals surface area contributed by atoms with Crippen molar-refractivity contribution in [2.75, 3.05) is 13.7 Å². The van der Waals surface area contributed by atoms with Crippen LogP contribution in [0.1, 0.15) is 25.8 Å². The monoisotopic (exact) mass is 512 g/mol. The molecule has 0 aliphatic carbocycles. The molecule has 0 bridgehead atoms. The number of alkyl halides is 13. The van der Waals surface area contributed by atoms with Crippen LogP contribution in [0, 0.1) is 0 Å². The van der Waals surface area contributed by atoms with Crippen LogP contribution in [-0.2, 0) is 10.3 Å². The molecule has 0 N–H and O–H groups in total. The minimum Gasteiger partial charge on any atom is -0.494 e. The van der Waals surface area contributed by atoms with Crippen LogP contribution in [0.5, 0.6) is 5.75 Å². The lowest BCUT2D eigenvalue weighted by molar-refractivity contribution is -0.441. The van der Waals surface area contributed by atoms with Gasteiger partial charge in [-0.15, -0.1) is 0 Å². The molecule has 0 spiro atoms. The first-order chi connectivity index (χ1) is 14.6. The molecule has 0 aliphatic rings. The molecular weight excluding hydrogens is 495 g/mol. The Hall–Kier alpha value is -1.93. The Morgan fingerprint density at radius 1 is 0.667 bits per heavy atom. The fraction of sp³-hybridized carbons (Fsp3) is 0.667. The summed E-state index contributed by atoms with van der Waals surface area (Å²) in [5.74, 6) is -37.0. The fourth-order valence-electron chi connectivity index (χ4n) is 2.70. The zero-order valence-corrected chi connectivity index (χ0v) is 17.0. The molecule has 0 saturated heterocycles. The van der Waals surface area contributed by atoms with Gasteiger partial charge in [-0.2, -0.15) is 57.1 Å². The van der Waals surface area contributed by atoms with E-state index in [-0.39, 0.29) is 17.9 Å². The number of rotatable bonds is 10. The van der Waals surface area contributed by atoms with E-state index in [1.165, 1.54) is 0 Å². The molecule has 33 heavy (non-hydrogen) atoms. The number of hydrogen-bond donors (Lipinski definition) is 0. The summed E-state index contributed by atoms with van der Waals surface area (Å²) in [5.41, 5.74) is -2.98. The molecule has 1 atom stereocenters. The van der Waals surface area contributed by atoms with E-state index >= 15 is 0 Å². The van der Waals surface area contributed by atoms with Crippen molar-refractivity contribution in [2.24, 2.45) is 0 Å². The summed E-state index contributed by atoms with van der Waals surface area (Å²) in [6.45, 7) is 2.40. The van der Waals surface area contributed by atoms with Gasteiger partial charge in [0.1, 0.15) is 5.75 Å². The molecule has 0 heterocycles. The van der Waals surface area contributed by atoms with E-state index in [0.717, 1.165) is 24.3 Å². The molecule has 0 aliphatic heterocycles. The number of hydrogen-bond acceptors (Lipinski definition) is 2. The first-order valence-corrected chi connectivity index (χ1v) is 8.80. The highest BCUT2D eigenvalue weighted by Crippen LogP contribution is 2.61. The molecule has 192 valence electrons. The lowest BCUT2D eigenvalue weighted by Gasteiger charge is -2.42. The van der Waals surface area contributed by atoms with E-state index in [9.17, 15) is 57.1 Å². The first kappa shape index (κ1) is 29.1. The summed E-state index contributed by atoms with van der Waals surface area (Å²) in [5, 5.41) is 0. The molecule has 15 heteroatoms. The lowest BCUT2D eigenvalue weighted by Crippen LogP contribution is -2.70. The van der Waals surface area contributed by atoms with Crippen molar-refractivity contribution in [3.63, 3.8) is 0 Å². The Balaban J connectivity index is 3.45. The van der Waals surface area contributed by atoms with Crippen molar-refractivity contribution in [2.45, 2.75) is 61.7 Å². The average Bonchev–Trinajstić information content (AvgIpc) is 2.66. The second-order valence-corrected chi connectivity index (χ2v) is 7.07. The third-order valence-corrected chi connectivity index (χ3v) is 4.78. The summed E-state index contributed by atoms with van der Waals surface area (Å²) < 4.78 is 183. The Morgan fingerprint density at radius 3 is 1.45 bits per heavy atom. The lowest BCUT2D eigenvalue weighted by atomic mass is 9.84. The van der Waals surface area contributed by atoms with Gasteiger partial charge in [0, 0.05) is 7.11 Å². The Labute approximate surface area is 178 Å². The van der Waals surface area contributed by atoms with Gasteiger partial charge in [0.05, 0.1) is 18.6 Å². The summed E-state index contributed by atoms with van der Waals surface area (Å²) in [4.78, 5) is 0. The molecular formula is C18H17F13O2. The van der Waals surface area contributed by atoms with Crippen molar-refractivity contribution in [3.8, 4) is 5.75 Å². The Morgan fingerprint density at radius 2 is 1.09 bits per heavy atom. The van der Waals surface area contributed by atoms with Crippen molar-refractivity contribution < 1.29 is 66.5 Å². The number of halogens is 13. The summed E-state index contributed by atoms with van der Waals surface area (Å²) >= 11 is 0. The normalized spacial score (nSPS) is 16.5. The van der Waals surface area contributed by atoms with E-state index < -0.39 is 47.8 Å². The zero-order valence-electron chi connectivity index (χ0n) is 17.0. The minimum absolute atomic E-state index is 0.164. The minimum atomic E-state index is -7.94. The van der Waals surface area contributed by atoms with Crippen molar-refractivity contribution in [3.05, 3.63) is 29.8 Å². The highest BCUT2D eigenvalue weighted by atomic mass is 19.4. The zero-order chi connectivity index (χ0) is 26.3. The summed E-state index contributed by atoms with van der Waals surface area (Å²) in [7, 11) is 0.662. The van der Waals surface area contributed by atoms with Gasteiger partial charge in [0.25, 0.3) is 0 Å². The van der Waals surface area contributed by atoms with Gasteiger partial charge >= 0.3 is 35.8 Å². The van der Waals surface area contributed by atoms with E-state index in [4.69, 9.17) is 4.74 Å². The van der Waals surface area contributed by atoms with E-state index in [1.54, 1.807) is 6.92 Å². The van der Waals surface area contributed by atoms with Crippen molar-refractivity contribution in [1.82, 2.24) is 0 Å². The Kier molecular flexibility index (Phi) is 7.67. The van der Waals surface area contributed by atoms with Gasteiger partial charge < -0.3 is 9.47 Å². The van der Waals surface area contributed by atoms with Crippen LogP contribution in [0.3, 0.4) is 0 Å². The Bertz CT molecular complexity index is 803. The van der Waals surface area contributed by atoms with Gasteiger partial charge in [-0.1, -0.05) is 12.1 Å². The maximum Gasteiger partial charge on any atom is 0.460 e. The third kappa shape index (κ3) is 4.69. The molecule has 2 nitrogen and oxygen atoms in total. The molecule has 1 unspecified atom stereocenters. The maximum absolute atomic E-state index is 14.3. The topological polar surface area (TPSA) is 18.5 Å². The number of benzene rings is 1.